The summed E-state index contributed by atoms with van der Waals surface area (Å²) in [6, 6.07) is 0. The Morgan fingerprint density at radius 2 is 2.24 bits per heavy atom. The van der Waals surface area contributed by atoms with Crippen molar-refractivity contribution in [1.29, 1.82) is 0 Å². The maximum absolute atomic E-state index is 12.7. The number of amides is 2. The number of carbonyl (C=O) groups is 2. The van der Waals surface area contributed by atoms with Gasteiger partial charge in [0.2, 0.25) is 0 Å². The lowest BCUT2D eigenvalue weighted by Gasteiger charge is -2.21. The van der Waals surface area contributed by atoms with Crippen LogP contribution in [-0.2, 0) is 17.6 Å². The normalized spacial score (nSPS) is 27.6. The van der Waals surface area contributed by atoms with Crippen molar-refractivity contribution in [2.24, 2.45) is 0 Å². The topological polar surface area (TPSA) is 78.5 Å². The molecule has 2 amide bonds. The van der Waals surface area contributed by atoms with E-state index >= 15 is 0 Å². The molecule has 0 radical (unpaired) electrons. The first kappa shape index (κ1) is 12.7. The first-order valence-electron chi connectivity index (χ1n) is 7.37. The summed E-state index contributed by atoms with van der Waals surface area (Å²) in [6.45, 7) is 1.62. The van der Waals surface area contributed by atoms with E-state index < -0.39 is 5.60 Å². The number of aromatic nitrogens is 2. The van der Waals surface area contributed by atoms with Crippen molar-refractivity contribution in [1.82, 2.24) is 20.0 Å². The quantitative estimate of drug-likeness (QED) is 0.820. The molecule has 0 saturated carbocycles. The molecule has 0 bridgehead atoms. The molecule has 3 aliphatic rings. The van der Waals surface area contributed by atoms with Gasteiger partial charge in [-0.2, -0.15) is 5.10 Å². The van der Waals surface area contributed by atoms with E-state index in [2.05, 4.69) is 10.2 Å². The van der Waals surface area contributed by atoms with Gasteiger partial charge in [0.1, 0.15) is 0 Å². The maximum atomic E-state index is 12.7. The number of H-pyrrole nitrogens is 1. The van der Waals surface area contributed by atoms with Gasteiger partial charge in [-0.1, -0.05) is 0 Å². The number of hydrogen-bond donors (Lipinski definition) is 1. The molecular formula is C14H18N4O3. The van der Waals surface area contributed by atoms with Gasteiger partial charge >= 0.3 is 6.09 Å². The second-order valence-electron chi connectivity index (χ2n) is 6.27. The van der Waals surface area contributed by atoms with Crippen molar-refractivity contribution in [2.75, 3.05) is 26.7 Å². The van der Waals surface area contributed by atoms with E-state index in [1.807, 2.05) is 0 Å². The molecule has 21 heavy (non-hydrogen) atoms. The zero-order valence-electron chi connectivity index (χ0n) is 12.0. The predicted molar refractivity (Wildman–Crippen MR) is 73.0 cm³/mol. The van der Waals surface area contributed by atoms with Gasteiger partial charge in [0, 0.05) is 31.3 Å². The number of nitrogens with one attached hydrogen (secondary N) is 1. The fourth-order valence-electron chi connectivity index (χ4n) is 3.67. The fourth-order valence-corrected chi connectivity index (χ4v) is 3.67. The number of nitrogens with zero attached hydrogens (tertiary/aromatic N) is 3. The standard InChI is InChI=1S/C14H18N4O3/c1-17-7-14(21-13(17)20)5-6-18(8-14)12(19)11-9-3-2-4-10(9)15-16-11/h2-8H2,1H3,(H,15,16)/t14-/m1/s1. The van der Waals surface area contributed by atoms with E-state index in [-0.39, 0.29) is 12.0 Å². The number of aromatic amines is 1. The third kappa shape index (κ3) is 1.83. The van der Waals surface area contributed by atoms with Crippen LogP contribution in [0.4, 0.5) is 4.79 Å². The second-order valence-corrected chi connectivity index (χ2v) is 6.27. The number of likely N-dealkylation sites (tertiary alicyclic amines) is 1. The minimum atomic E-state index is -0.527. The van der Waals surface area contributed by atoms with Crippen molar-refractivity contribution >= 4 is 12.0 Å². The van der Waals surface area contributed by atoms with Crippen LogP contribution in [0, 0.1) is 0 Å². The van der Waals surface area contributed by atoms with Gasteiger partial charge in [0.25, 0.3) is 5.91 Å². The van der Waals surface area contributed by atoms with Crippen LogP contribution in [0.2, 0.25) is 0 Å². The number of carbonyl (C=O) groups excluding carboxylic acids is 2. The molecule has 112 valence electrons. The van der Waals surface area contributed by atoms with E-state index in [0.717, 1.165) is 30.5 Å². The molecule has 2 fully saturated rings. The van der Waals surface area contributed by atoms with Crippen LogP contribution in [0.25, 0.3) is 0 Å². The average Bonchev–Trinajstić information content (AvgIpc) is 3.15. The van der Waals surface area contributed by atoms with Crippen molar-refractivity contribution in [3.8, 4) is 0 Å². The number of aryl methyl sites for hydroxylation is 1. The zero-order valence-corrected chi connectivity index (χ0v) is 12.0. The molecule has 2 aliphatic heterocycles. The van der Waals surface area contributed by atoms with Crippen molar-refractivity contribution in [3.05, 3.63) is 17.0 Å². The Kier molecular flexibility index (Phi) is 2.55. The van der Waals surface area contributed by atoms with Crippen LogP contribution in [0.5, 0.6) is 0 Å². The van der Waals surface area contributed by atoms with Gasteiger partial charge in [-0.25, -0.2) is 4.79 Å². The Hall–Kier alpha value is -2.05. The molecule has 0 unspecified atom stereocenters. The molecule has 2 saturated heterocycles. The SMILES string of the molecule is CN1C[C@@]2(CCN(C(=O)c3n[nH]c4c3CCC4)C2)OC1=O. The number of hydrogen-bond acceptors (Lipinski definition) is 4. The lowest BCUT2D eigenvalue weighted by molar-refractivity contribution is 0.0550. The largest absolute Gasteiger partial charge is 0.439 e. The zero-order chi connectivity index (χ0) is 14.6. The Balaban J connectivity index is 1.53. The van der Waals surface area contributed by atoms with Gasteiger partial charge in [0.05, 0.1) is 13.1 Å². The number of fused-ring (bicyclic) bond motifs is 1. The molecule has 0 aromatic carbocycles. The molecule has 4 rings (SSSR count). The van der Waals surface area contributed by atoms with Crippen LogP contribution < -0.4 is 0 Å². The maximum Gasteiger partial charge on any atom is 0.410 e. The summed E-state index contributed by atoms with van der Waals surface area (Å²) < 4.78 is 5.48. The molecule has 1 spiro atoms. The van der Waals surface area contributed by atoms with Crippen LogP contribution in [0.1, 0.15) is 34.6 Å². The third-order valence-electron chi connectivity index (χ3n) is 4.75. The van der Waals surface area contributed by atoms with Crippen LogP contribution in [0.3, 0.4) is 0 Å². The molecular weight excluding hydrogens is 272 g/mol. The molecule has 1 atom stereocenters. The monoisotopic (exact) mass is 290 g/mol. The highest BCUT2D eigenvalue weighted by Crippen LogP contribution is 2.33. The average molecular weight is 290 g/mol. The van der Waals surface area contributed by atoms with Crippen LogP contribution in [-0.4, -0.2) is 64.3 Å². The van der Waals surface area contributed by atoms with Crippen molar-refractivity contribution in [2.45, 2.75) is 31.3 Å². The van der Waals surface area contributed by atoms with Crippen LogP contribution in [0.15, 0.2) is 0 Å². The van der Waals surface area contributed by atoms with Crippen LogP contribution >= 0.6 is 0 Å². The summed E-state index contributed by atoms with van der Waals surface area (Å²) in [6.07, 6.45) is 3.37. The highest BCUT2D eigenvalue weighted by atomic mass is 16.6. The van der Waals surface area contributed by atoms with Crippen molar-refractivity contribution < 1.29 is 14.3 Å². The van der Waals surface area contributed by atoms with E-state index in [1.165, 1.54) is 0 Å². The van der Waals surface area contributed by atoms with Gasteiger partial charge in [-0.3, -0.25) is 9.89 Å². The number of ether oxygens (including phenoxy) is 1. The minimum absolute atomic E-state index is 0.0446. The van der Waals surface area contributed by atoms with Crippen molar-refractivity contribution in [3.63, 3.8) is 0 Å². The summed E-state index contributed by atoms with van der Waals surface area (Å²) in [5, 5.41) is 7.17. The lowest BCUT2D eigenvalue weighted by Crippen LogP contribution is -2.39. The highest BCUT2D eigenvalue weighted by molar-refractivity contribution is 5.94. The molecule has 1 aromatic rings. The highest BCUT2D eigenvalue weighted by Gasteiger charge is 2.50. The second kappa shape index (κ2) is 4.22. The molecule has 1 aliphatic carbocycles. The summed E-state index contributed by atoms with van der Waals surface area (Å²) in [7, 11) is 1.72. The van der Waals surface area contributed by atoms with Gasteiger partial charge < -0.3 is 14.5 Å². The molecule has 1 aromatic heterocycles. The Morgan fingerprint density at radius 1 is 1.38 bits per heavy atom. The fraction of sp³-hybridized carbons (Fsp3) is 0.643. The third-order valence-corrected chi connectivity index (χ3v) is 4.75. The smallest absolute Gasteiger partial charge is 0.410 e. The van der Waals surface area contributed by atoms with E-state index in [4.69, 9.17) is 4.74 Å². The Bertz CT molecular complexity index is 626. The molecule has 7 heteroatoms. The summed E-state index contributed by atoms with van der Waals surface area (Å²) in [5.41, 5.74) is 2.19. The van der Waals surface area contributed by atoms with E-state index in [1.54, 1.807) is 16.8 Å². The van der Waals surface area contributed by atoms with E-state index in [0.29, 0.717) is 31.7 Å². The lowest BCUT2D eigenvalue weighted by atomic mass is 10.0. The van der Waals surface area contributed by atoms with E-state index in [9.17, 15) is 9.59 Å². The molecule has 1 N–H and O–H groups in total. The van der Waals surface area contributed by atoms with Gasteiger partial charge in [-0.15, -0.1) is 0 Å². The van der Waals surface area contributed by atoms with Gasteiger partial charge in [-0.05, 0) is 19.3 Å². The molecule has 3 heterocycles. The summed E-state index contributed by atoms with van der Waals surface area (Å²) in [4.78, 5) is 27.6. The predicted octanol–water partition coefficient (Wildman–Crippen LogP) is 0.565. The Labute approximate surface area is 122 Å². The first-order chi connectivity index (χ1) is 10.1. The summed E-state index contributed by atoms with van der Waals surface area (Å²) >= 11 is 0. The Morgan fingerprint density at radius 3 is 3.00 bits per heavy atom. The first-order valence-corrected chi connectivity index (χ1v) is 7.37. The van der Waals surface area contributed by atoms with Gasteiger partial charge in [0.15, 0.2) is 11.3 Å². The summed E-state index contributed by atoms with van der Waals surface area (Å²) in [5.74, 6) is -0.0446. The number of likely N-dealkylation sites (N-methyl/N-ethyl adjacent to an activating group) is 1. The molecule has 7 nitrogen and oxygen atoms in total. The minimum Gasteiger partial charge on any atom is -0.439 e. The number of rotatable bonds is 1.